The first-order chi connectivity index (χ1) is 14.9. The van der Waals surface area contributed by atoms with Gasteiger partial charge in [-0.05, 0) is 62.8 Å². The zero-order valence-electron chi connectivity index (χ0n) is 17.2. The quantitative estimate of drug-likeness (QED) is 0.675. The summed E-state index contributed by atoms with van der Waals surface area (Å²) >= 11 is 6.22. The Kier molecular flexibility index (Phi) is 6.79. The van der Waals surface area contributed by atoms with E-state index in [1.165, 1.54) is 22.5 Å². The van der Waals surface area contributed by atoms with E-state index in [0.29, 0.717) is 19.0 Å². The first kappa shape index (κ1) is 22.0. The van der Waals surface area contributed by atoms with Gasteiger partial charge in [0.05, 0.1) is 15.5 Å². The Hall–Kier alpha value is -2.16. The minimum atomic E-state index is -3.63. The van der Waals surface area contributed by atoms with Crippen molar-refractivity contribution in [3.8, 4) is 5.88 Å². The molecule has 1 amide bonds. The van der Waals surface area contributed by atoms with Gasteiger partial charge in [-0.15, -0.1) is 0 Å². The number of aromatic nitrogens is 1. The van der Waals surface area contributed by atoms with Gasteiger partial charge in [0.2, 0.25) is 15.9 Å². The topological polar surface area (TPSA) is 88.6 Å². The average molecular weight is 464 g/mol. The Labute approximate surface area is 187 Å². The van der Waals surface area contributed by atoms with Crippen LogP contribution in [-0.4, -0.2) is 42.8 Å². The SMILES string of the molecule is O=C(NCc1cccnc1OC1CCCC1)c1cc(S(=O)(=O)N2CCCC2)ccc1Cl. The predicted molar refractivity (Wildman–Crippen MR) is 118 cm³/mol. The number of nitrogens with one attached hydrogen (secondary N) is 1. The van der Waals surface area contributed by atoms with E-state index in [1.807, 2.05) is 6.07 Å². The lowest BCUT2D eigenvalue weighted by atomic mass is 10.2. The first-order valence-corrected chi connectivity index (χ1v) is 12.5. The van der Waals surface area contributed by atoms with Gasteiger partial charge in [-0.25, -0.2) is 13.4 Å². The van der Waals surface area contributed by atoms with Crippen LogP contribution in [0, 0.1) is 0 Å². The third kappa shape index (κ3) is 5.02. The van der Waals surface area contributed by atoms with Crippen LogP contribution >= 0.6 is 11.6 Å². The van der Waals surface area contributed by atoms with Gasteiger partial charge < -0.3 is 10.1 Å². The second kappa shape index (κ2) is 9.54. The monoisotopic (exact) mass is 463 g/mol. The van der Waals surface area contributed by atoms with Gasteiger partial charge in [0.25, 0.3) is 5.91 Å². The van der Waals surface area contributed by atoms with E-state index in [0.717, 1.165) is 44.1 Å². The summed E-state index contributed by atoms with van der Waals surface area (Å²) in [5, 5.41) is 3.02. The third-order valence-electron chi connectivity index (χ3n) is 5.76. The van der Waals surface area contributed by atoms with Crippen LogP contribution in [0.2, 0.25) is 5.02 Å². The highest BCUT2D eigenvalue weighted by atomic mass is 35.5. The van der Waals surface area contributed by atoms with Gasteiger partial charge in [-0.1, -0.05) is 17.7 Å². The smallest absolute Gasteiger partial charge is 0.253 e. The molecular formula is C22H26ClN3O4S. The van der Waals surface area contributed by atoms with E-state index in [4.69, 9.17) is 16.3 Å². The molecule has 4 rings (SSSR count). The number of hydrogen-bond acceptors (Lipinski definition) is 5. The molecule has 2 fully saturated rings. The van der Waals surface area contributed by atoms with Crippen molar-refractivity contribution in [2.45, 2.75) is 56.1 Å². The van der Waals surface area contributed by atoms with Gasteiger partial charge in [-0.2, -0.15) is 4.31 Å². The molecule has 0 atom stereocenters. The third-order valence-corrected chi connectivity index (χ3v) is 7.98. The van der Waals surface area contributed by atoms with Crippen LogP contribution in [0.3, 0.4) is 0 Å². The summed E-state index contributed by atoms with van der Waals surface area (Å²) in [7, 11) is -3.63. The normalized spacial score (nSPS) is 17.7. The van der Waals surface area contributed by atoms with Crippen molar-refractivity contribution >= 4 is 27.5 Å². The summed E-state index contributed by atoms with van der Waals surface area (Å²) in [6.45, 7) is 1.20. The highest BCUT2D eigenvalue weighted by molar-refractivity contribution is 7.89. The summed E-state index contributed by atoms with van der Waals surface area (Å²) in [6.07, 6.45) is 7.84. The van der Waals surface area contributed by atoms with Gasteiger partial charge in [0.15, 0.2) is 0 Å². The summed E-state index contributed by atoms with van der Waals surface area (Å²) in [5.74, 6) is 0.0744. The second-order valence-corrected chi connectivity index (χ2v) is 10.3. The fourth-order valence-corrected chi connectivity index (χ4v) is 5.76. The minimum Gasteiger partial charge on any atom is -0.474 e. The lowest BCUT2D eigenvalue weighted by Crippen LogP contribution is -2.28. The number of halogens is 1. The van der Waals surface area contributed by atoms with E-state index >= 15 is 0 Å². The van der Waals surface area contributed by atoms with Crippen LogP contribution < -0.4 is 10.1 Å². The molecule has 0 spiro atoms. The van der Waals surface area contributed by atoms with E-state index in [-0.39, 0.29) is 28.1 Å². The van der Waals surface area contributed by atoms with E-state index in [9.17, 15) is 13.2 Å². The first-order valence-electron chi connectivity index (χ1n) is 10.6. The molecule has 0 bridgehead atoms. The minimum absolute atomic E-state index is 0.0792. The van der Waals surface area contributed by atoms with Crippen LogP contribution in [0.1, 0.15) is 54.4 Å². The Morgan fingerprint density at radius 1 is 1.16 bits per heavy atom. The molecule has 31 heavy (non-hydrogen) atoms. The Morgan fingerprint density at radius 3 is 2.65 bits per heavy atom. The lowest BCUT2D eigenvalue weighted by molar-refractivity contribution is 0.0950. The maximum absolute atomic E-state index is 12.8. The van der Waals surface area contributed by atoms with Crippen LogP contribution in [0.15, 0.2) is 41.4 Å². The lowest BCUT2D eigenvalue weighted by Gasteiger charge is -2.17. The van der Waals surface area contributed by atoms with Crippen molar-refractivity contribution in [3.05, 3.63) is 52.7 Å². The standard InChI is InChI=1S/C22H26ClN3O4S/c23-20-10-9-18(31(28,29)26-12-3-4-13-26)14-19(20)21(27)25-15-16-6-5-11-24-22(16)30-17-7-1-2-8-17/h5-6,9-11,14,17H,1-4,7-8,12-13,15H2,(H,25,27). The molecular weight excluding hydrogens is 438 g/mol. The molecule has 1 saturated carbocycles. The number of sulfonamides is 1. The number of benzene rings is 1. The predicted octanol–water partition coefficient (Wildman–Crippen LogP) is 3.77. The molecule has 1 aliphatic carbocycles. The maximum Gasteiger partial charge on any atom is 0.253 e. The molecule has 1 aliphatic heterocycles. The fraction of sp³-hybridized carbons (Fsp3) is 0.455. The van der Waals surface area contributed by atoms with Gasteiger partial charge in [0.1, 0.15) is 6.10 Å². The summed E-state index contributed by atoms with van der Waals surface area (Å²) in [5.41, 5.74) is 0.892. The molecule has 166 valence electrons. The average Bonchev–Trinajstić information content (AvgIpc) is 3.48. The van der Waals surface area contributed by atoms with E-state index in [2.05, 4.69) is 10.3 Å². The molecule has 2 aliphatic rings. The van der Waals surface area contributed by atoms with Crippen LogP contribution in [0.5, 0.6) is 5.88 Å². The van der Waals surface area contributed by atoms with Crippen molar-refractivity contribution in [1.82, 2.24) is 14.6 Å². The Bertz CT molecular complexity index is 1050. The molecule has 0 radical (unpaired) electrons. The van der Waals surface area contributed by atoms with Crippen molar-refractivity contribution in [2.24, 2.45) is 0 Å². The number of pyridine rings is 1. The molecule has 1 aromatic heterocycles. The van der Waals surface area contributed by atoms with E-state index < -0.39 is 15.9 Å². The zero-order valence-corrected chi connectivity index (χ0v) is 18.8. The summed E-state index contributed by atoms with van der Waals surface area (Å²) in [4.78, 5) is 17.2. The molecule has 1 aromatic carbocycles. The number of hydrogen-bond donors (Lipinski definition) is 1. The van der Waals surface area contributed by atoms with Crippen molar-refractivity contribution in [1.29, 1.82) is 0 Å². The van der Waals surface area contributed by atoms with Crippen molar-refractivity contribution in [2.75, 3.05) is 13.1 Å². The Balaban J connectivity index is 1.48. The second-order valence-electron chi connectivity index (χ2n) is 7.93. The number of amides is 1. The van der Waals surface area contributed by atoms with E-state index in [1.54, 1.807) is 12.3 Å². The molecule has 9 heteroatoms. The number of rotatable bonds is 7. The van der Waals surface area contributed by atoms with Gasteiger partial charge in [0, 0.05) is 31.4 Å². The Morgan fingerprint density at radius 2 is 1.90 bits per heavy atom. The molecule has 0 unspecified atom stereocenters. The molecule has 7 nitrogen and oxygen atoms in total. The molecule has 2 heterocycles. The van der Waals surface area contributed by atoms with Crippen molar-refractivity contribution in [3.63, 3.8) is 0 Å². The van der Waals surface area contributed by atoms with Gasteiger partial charge in [-0.3, -0.25) is 4.79 Å². The zero-order chi connectivity index (χ0) is 21.8. The number of nitrogens with zero attached hydrogens (tertiary/aromatic N) is 2. The number of carbonyl (C=O) groups excluding carboxylic acids is 1. The highest BCUT2D eigenvalue weighted by Gasteiger charge is 2.28. The largest absolute Gasteiger partial charge is 0.474 e. The fourth-order valence-electron chi connectivity index (χ4n) is 4.02. The highest BCUT2D eigenvalue weighted by Crippen LogP contribution is 2.27. The molecule has 2 aromatic rings. The number of ether oxygens (including phenoxy) is 1. The summed E-state index contributed by atoms with van der Waals surface area (Å²) in [6, 6.07) is 7.90. The van der Waals surface area contributed by atoms with Crippen molar-refractivity contribution < 1.29 is 17.9 Å². The molecule has 1 N–H and O–H groups in total. The van der Waals surface area contributed by atoms with Crippen LogP contribution in [0.4, 0.5) is 0 Å². The number of carbonyl (C=O) groups is 1. The van der Waals surface area contributed by atoms with Crippen LogP contribution in [-0.2, 0) is 16.6 Å². The molecule has 1 saturated heterocycles. The van der Waals surface area contributed by atoms with Gasteiger partial charge >= 0.3 is 0 Å². The summed E-state index contributed by atoms with van der Waals surface area (Å²) < 4.78 is 33.1. The van der Waals surface area contributed by atoms with Crippen LogP contribution in [0.25, 0.3) is 0 Å². The maximum atomic E-state index is 12.8.